The summed E-state index contributed by atoms with van der Waals surface area (Å²) < 4.78 is 11.0. The molecule has 1 fully saturated rings. The van der Waals surface area contributed by atoms with Crippen molar-refractivity contribution < 1.29 is 14.3 Å². The summed E-state index contributed by atoms with van der Waals surface area (Å²) >= 11 is 1.59. The molecule has 1 saturated heterocycles. The van der Waals surface area contributed by atoms with Gasteiger partial charge in [-0.1, -0.05) is 60.3 Å². The highest BCUT2D eigenvalue weighted by Gasteiger charge is 2.21. The Balaban J connectivity index is 1.15. The zero-order valence-corrected chi connectivity index (χ0v) is 24.8. The Hall–Kier alpha value is -4.08. The van der Waals surface area contributed by atoms with E-state index in [9.17, 15) is 4.79 Å². The number of ether oxygens (including phenoxy) is 2. The zero-order chi connectivity index (χ0) is 28.9. The summed E-state index contributed by atoms with van der Waals surface area (Å²) in [7, 11) is 0. The van der Waals surface area contributed by atoms with Gasteiger partial charge in [0.2, 0.25) is 6.79 Å². The molecule has 0 spiro atoms. The third-order valence-electron chi connectivity index (χ3n) is 7.28. The second-order valence-corrected chi connectivity index (χ2v) is 11.8. The van der Waals surface area contributed by atoms with Crippen LogP contribution in [0.1, 0.15) is 35.3 Å². The van der Waals surface area contributed by atoms with Gasteiger partial charge in [-0.05, 0) is 49.2 Å². The predicted octanol–water partition coefficient (Wildman–Crippen LogP) is 5.63. The summed E-state index contributed by atoms with van der Waals surface area (Å²) in [6, 6.07) is 26.4. The lowest BCUT2D eigenvalue weighted by atomic mass is 10.1. The Kier molecular flexibility index (Phi) is 8.58. The lowest BCUT2D eigenvalue weighted by Gasteiger charge is -2.35. The van der Waals surface area contributed by atoms with Gasteiger partial charge in [0.25, 0.3) is 5.91 Å². The van der Waals surface area contributed by atoms with E-state index in [2.05, 4.69) is 45.4 Å². The van der Waals surface area contributed by atoms with E-state index >= 15 is 0 Å². The second kappa shape index (κ2) is 12.8. The highest BCUT2D eigenvalue weighted by Crippen LogP contribution is 2.33. The Morgan fingerprint density at radius 1 is 0.881 bits per heavy atom. The van der Waals surface area contributed by atoms with Gasteiger partial charge in [-0.15, -0.1) is 0 Å². The van der Waals surface area contributed by atoms with E-state index in [0.29, 0.717) is 18.1 Å². The number of anilines is 1. The van der Waals surface area contributed by atoms with Gasteiger partial charge < -0.3 is 19.7 Å². The van der Waals surface area contributed by atoms with Crippen LogP contribution in [0.3, 0.4) is 0 Å². The number of thioether (sulfide) groups is 1. The molecule has 1 N–H and O–H groups in total. The molecule has 1 amide bonds. The van der Waals surface area contributed by atoms with Crippen molar-refractivity contribution in [3.63, 3.8) is 0 Å². The minimum Gasteiger partial charge on any atom is -0.454 e. The molecule has 0 radical (unpaired) electrons. The monoisotopic (exact) mass is 581 g/mol. The molecular formula is C33H35N5O3S. The van der Waals surface area contributed by atoms with Gasteiger partial charge in [-0.25, -0.2) is 9.97 Å². The summed E-state index contributed by atoms with van der Waals surface area (Å²) in [6.07, 6.45) is 0. The first-order chi connectivity index (χ1) is 20.5. The molecule has 0 aliphatic carbocycles. The van der Waals surface area contributed by atoms with Crippen LogP contribution < -0.4 is 19.7 Å². The Morgan fingerprint density at radius 3 is 2.50 bits per heavy atom. The molecule has 0 saturated carbocycles. The number of nitrogens with zero attached hydrogens (tertiary/aromatic N) is 4. The van der Waals surface area contributed by atoms with Crippen LogP contribution in [0.4, 0.5) is 5.82 Å². The van der Waals surface area contributed by atoms with Gasteiger partial charge in [0.1, 0.15) is 5.82 Å². The van der Waals surface area contributed by atoms with Crippen molar-refractivity contribution in [2.75, 3.05) is 37.9 Å². The quantitative estimate of drug-likeness (QED) is 0.201. The molecular weight excluding hydrogens is 546 g/mol. The van der Waals surface area contributed by atoms with E-state index in [4.69, 9.17) is 19.4 Å². The fourth-order valence-electron chi connectivity index (χ4n) is 5.12. The maximum absolute atomic E-state index is 12.5. The van der Waals surface area contributed by atoms with E-state index in [0.717, 1.165) is 72.0 Å². The van der Waals surface area contributed by atoms with Gasteiger partial charge in [-0.3, -0.25) is 9.69 Å². The van der Waals surface area contributed by atoms with E-state index in [-0.39, 0.29) is 11.9 Å². The number of hydrogen-bond donors (Lipinski definition) is 1. The van der Waals surface area contributed by atoms with Crippen molar-refractivity contribution in [1.82, 2.24) is 20.2 Å². The number of carbonyl (C=O) groups is 1. The maximum Gasteiger partial charge on any atom is 0.251 e. The third-order valence-corrected chi connectivity index (χ3v) is 8.20. The molecule has 3 heterocycles. The van der Waals surface area contributed by atoms with E-state index in [1.165, 1.54) is 5.56 Å². The maximum atomic E-state index is 12.5. The number of benzene rings is 3. The number of carbonyl (C=O) groups excluding carboxylic acids is 1. The number of fused-ring (bicyclic) bond motifs is 1. The molecule has 0 unspecified atom stereocenters. The van der Waals surface area contributed by atoms with Crippen molar-refractivity contribution in [1.29, 1.82) is 0 Å². The smallest absolute Gasteiger partial charge is 0.251 e. The van der Waals surface area contributed by atoms with E-state index in [1.807, 2.05) is 62.4 Å². The summed E-state index contributed by atoms with van der Waals surface area (Å²) in [5, 5.41) is 3.69. The van der Waals surface area contributed by atoms with Gasteiger partial charge >= 0.3 is 0 Å². The fourth-order valence-corrected chi connectivity index (χ4v) is 5.92. The largest absolute Gasteiger partial charge is 0.454 e. The predicted molar refractivity (Wildman–Crippen MR) is 166 cm³/mol. The van der Waals surface area contributed by atoms with Crippen LogP contribution in [0.5, 0.6) is 11.5 Å². The number of amides is 1. The highest BCUT2D eigenvalue weighted by molar-refractivity contribution is 7.98. The third kappa shape index (κ3) is 6.86. The van der Waals surface area contributed by atoms with Gasteiger partial charge in [0.05, 0.1) is 5.69 Å². The summed E-state index contributed by atoms with van der Waals surface area (Å²) in [5.41, 5.74) is 4.93. The van der Waals surface area contributed by atoms with Crippen LogP contribution in [0, 0.1) is 0 Å². The van der Waals surface area contributed by atoms with Crippen molar-refractivity contribution in [2.24, 2.45) is 0 Å². The SMILES string of the molecule is CC(C)NC(=O)c1cccc(CSc2nc(-c3ccccc3)cc(N3CCN(Cc4ccc5c(c4)OCO5)CC3)n2)c1. The molecule has 2 aliphatic rings. The van der Waals surface area contributed by atoms with Gasteiger partial charge in [0.15, 0.2) is 16.7 Å². The van der Waals surface area contributed by atoms with Gasteiger partial charge in [-0.2, -0.15) is 0 Å². The van der Waals surface area contributed by atoms with Crippen LogP contribution in [-0.4, -0.2) is 59.8 Å². The highest BCUT2D eigenvalue weighted by atomic mass is 32.2. The molecule has 3 aromatic carbocycles. The van der Waals surface area contributed by atoms with Crippen molar-refractivity contribution in [3.05, 3.63) is 95.6 Å². The van der Waals surface area contributed by atoms with Crippen LogP contribution in [0.15, 0.2) is 84.0 Å². The molecule has 0 bridgehead atoms. The normalized spacial score (nSPS) is 14.8. The molecule has 8 nitrogen and oxygen atoms in total. The van der Waals surface area contributed by atoms with Crippen molar-refractivity contribution >= 4 is 23.5 Å². The van der Waals surface area contributed by atoms with E-state index < -0.39 is 0 Å². The number of hydrogen-bond acceptors (Lipinski definition) is 8. The molecule has 216 valence electrons. The molecule has 4 aromatic rings. The molecule has 9 heteroatoms. The van der Waals surface area contributed by atoms with Crippen LogP contribution in [0.25, 0.3) is 11.3 Å². The fraction of sp³-hybridized carbons (Fsp3) is 0.303. The minimum absolute atomic E-state index is 0.0564. The minimum atomic E-state index is -0.0564. The molecule has 2 aliphatic heterocycles. The zero-order valence-electron chi connectivity index (χ0n) is 24.0. The lowest BCUT2D eigenvalue weighted by molar-refractivity contribution is 0.0943. The second-order valence-electron chi connectivity index (χ2n) is 10.8. The summed E-state index contributed by atoms with van der Waals surface area (Å²) in [4.78, 5) is 27.2. The average Bonchev–Trinajstić information content (AvgIpc) is 3.49. The topological polar surface area (TPSA) is 79.8 Å². The number of rotatable bonds is 9. The number of nitrogens with one attached hydrogen (secondary N) is 1. The van der Waals surface area contributed by atoms with Crippen molar-refractivity contribution in [2.45, 2.75) is 37.3 Å². The Bertz CT molecular complexity index is 1540. The molecule has 0 atom stereocenters. The van der Waals surface area contributed by atoms with Crippen LogP contribution in [0.2, 0.25) is 0 Å². The van der Waals surface area contributed by atoms with E-state index in [1.54, 1.807) is 11.8 Å². The molecule has 6 rings (SSSR count). The Morgan fingerprint density at radius 2 is 1.69 bits per heavy atom. The van der Waals surface area contributed by atoms with Crippen molar-refractivity contribution in [3.8, 4) is 22.8 Å². The molecule has 42 heavy (non-hydrogen) atoms. The summed E-state index contributed by atoms with van der Waals surface area (Å²) in [5.74, 6) is 3.21. The number of piperazine rings is 1. The van der Waals surface area contributed by atoms with Crippen LogP contribution >= 0.6 is 11.8 Å². The van der Waals surface area contributed by atoms with Gasteiger partial charge in [0, 0.05) is 61.7 Å². The summed E-state index contributed by atoms with van der Waals surface area (Å²) in [6.45, 7) is 8.73. The molecule has 1 aromatic heterocycles. The standard InChI is InChI=1S/C33H35N5O3S/c1-23(2)34-32(39)27-10-6-7-25(17-27)21-42-33-35-28(26-8-4-3-5-9-26)19-31(36-33)38-15-13-37(14-16-38)20-24-11-12-29-30(18-24)41-22-40-29/h3-12,17-19,23H,13-16,20-22H2,1-2H3,(H,34,39). The van der Waals surface area contributed by atoms with Crippen LogP contribution in [-0.2, 0) is 12.3 Å². The first-order valence-electron chi connectivity index (χ1n) is 14.3. The number of aromatic nitrogens is 2. The first kappa shape index (κ1) is 28.1. The lowest BCUT2D eigenvalue weighted by Crippen LogP contribution is -2.46. The average molecular weight is 582 g/mol. The Labute approximate surface area is 251 Å². The first-order valence-corrected chi connectivity index (χ1v) is 15.3.